The smallest absolute Gasteiger partial charge is 0.269 e. The minimum atomic E-state index is -0.394. The maximum absolute atomic E-state index is 12.0. The van der Waals surface area contributed by atoms with E-state index in [9.17, 15) is 14.9 Å². The zero-order valence-corrected chi connectivity index (χ0v) is 12.5. The number of nitro benzene ring substituents is 1. The van der Waals surface area contributed by atoms with Crippen LogP contribution in [0.5, 0.6) is 0 Å². The maximum atomic E-state index is 12.0. The normalized spacial score (nSPS) is 16.0. The van der Waals surface area contributed by atoms with Crippen molar-refractivity contribution in [2.75, 3.05) is 31.1 Å². The first-order valence-electron chi connectivity index (χ1n) is 7.27. The Morgan fingerprint density at radius 1 is 1.14 bits per heavy atom. The van der Waals surface area contributed by atoms with Crippen LogP contribution in [0.25, 0.3) is 0 Å². The van der Waals surface area contributed by atoms with E-state index in [4.69, 9.17) is 0 Å². The molecule has 2 rings (SSSR count). The second kappa shape index (κ2) is 6.56. The number of nitrogens with zero attached hydrogens (tertiary/aromatic N) is 3. The zero-order valence-electron chi connectivity index (χ0n) is 12.5. The minimum Gasteiger partial charge on any atom is -0.370 e. The molecule has 114 valence electrons. The van der Waals surface area contributed by atoms with Crippen molar-refractivity contribution in [2.24, 2.45) is 5.92 Å². The van der Waals surface area contributed by atoms with Crippen LogP contribution in [0.1, 0.15) is 20.3 Å². The highest BCUT2D eigenvalue weighted by molar-refractivity contribution is 5.78. The quantitative estimate of drug-likeness (QED) is 0.633. The van der Waals surface area contributed by atoms with E-state index in [2.05, 4.69) is 4.90 Å². The molecule has 1 amide bonds. The van der Waals surface area contributed by atoms with Crippen LogP contribution in [0.2, 0.25) is 0 Å². The molecule has 0 aromatic heterocycles. The van der Waals surface area contributed by atoms with Gasteiger partial charge in [-0.2, -0.15) is 0 Å². The lowest BCUT2D eigenvalue weighted by Gasteiger charge is -2.24. The Morgan fingerprint density at radius 2 is 1.81 bits per heavy atom. The summed E-state index contributed by atoms with van der Waals surface area (Å²) in [6.07, 6.45) is 0.912. The van der Waals surface area contributed by atoms with Crippen molar-refractivity contribution in [1.82, 2.24) is 4.90 Å². The van der Waals surface area contributed by atoms with Crippen LogP contribution in [0.4, 0.5) is 11.4 Å². The van der Waals surface area contributed by atoms with Crippen LogP contribution >= 0.6 is 0 Å². The molecule has 1 saturated heterocycles. The van der Waals surface area contributed by atoms with Gasteiger partial charge in [-0.25, -0.2) is 0 Å². The molecule has 0 atom stereocenters. The monoisotopic (exact) mass is 291 g/mol. The number of non-ortho nitro benzene ring substituents is 1. The summed E-state index contributed by atoms with van der Waals surface area (Å²) >= 11 is 0. The molecule has 1 aromatic rings. The summed E-state index contributed by atoms with van der Waals surface area (Å²) < 4.78 is 0. The highest BCUT2D eigenvalue weighted by atomic mass is 16.6. The van der Waals surface area contributed by atoms with Gasteiger partial charge in [-0.15, -0.1) is 0 Å². The Kier molecular flexibility index (Phi) is 4.77. The van der Waals surface area contributed by atoms with Gasteiger partial charge in [0.15, 0.2) is 0 Å². The fourth-order valence-corrected chi connectivity index (χ4v) is 2.55. The van der Waals surface area contributed by atoms with Gasteiger partial charge < -0.3 is 9.80 Å². The van der Waals surface area contributed by atoms with E-state index in [0.29, 0.717) is 6.54 Å². The number of benzene rings is 1. The van der Waals surface area contributed by atoms with Crippen molar-refractivity contribution < 1.29 is 9.72 Å². The molecule has 1 aromatic carbocycles. The molecule has 1 heterocycles. The third-order valence-corrected chi connectivity index (χ3v) is 3.73. The van der Waals surface area contributed by atoms with Gasteiger partial charge in [0, 0.05) is 49.9 Å². The van der Waals surface area contributed by atoms with Crippen LogP contribution in [0, 0.1) is 16.0 Å². The molecule has 1 fully saturated rings. The third-order valence-electron chi connectivity index (χ3n) is 3.73. The average molecular weight is 291 g/mol. The van der Waals surface area contributed by atoms with Crippen molar-refractivity contribution in [3.8, 4) is 0 Å². The zero-order chi connectivity index (χ0) is 15.4. The Balaban J connectivity index is 2.02. The number of hydrogen-bond acceptors (Lipinski definition) is 4. The van der Waals surface area contributed by atoms with E-state index in [0.717, 1.165) is 31.7 Å². The SMILES string of the molecule is CC(C)C(=O)N1CCCN(c2ccc([N+](=O)[O-])cc2)CC1. The highest BCUT2D eigenvalue weighted by Gasteiger charge is 2.21. The molecule has 0 aliphatic carbocycles. The van der Waals surface area contributed by atoms with Gasteiger partial charge in [0.25, 0.3) is 5.69 Å². The standard InChI is InChI=1S/C15H21N3O3/c1-12(2)15(19)17-9-3-8-16(10-11-17)13-4-6-14(7-5-13)18(20)21/h4-7,12H,3,8-11H2,1-2H3. The number of hydrogen-bond donors (Lipinski definition) is 0. The van der Waals surface area contributed by atoms with Crippen LogP contribution in [0.15, 0.2) is 24.3 Å². The fraction of sp³-hybridized carbons (Fsp3) is 0.533. The van der Waals surface area contributed by atoms with Crippen LogP contribution in [-0.2, 0) is 4.79 Å². The Morgan fingerprint density at radius 3 is 2.38 bits per heavy atom. The minimum absolute atomic E-state index is 0.0240. The topological polar surface area (TPSA) is 66.7 Å². The Labute approximate surface area is 124 Å². The maximum Gasteiger partial charge on any atom is 0.269 e. The molecular weight excluding hydrogens is 270 g/mol. The average Bonchev–Trinajstić information content (AvgIpc) is 2.72. The van der Waals surface area contributed by atoms with Gasteiger partial charge in [0.1, 0.15) is 0 Å². The van der Waals surface area contributed by atoms with Gasteiger partial charge in [-0.1, -0.05) is 13.8 Å². The van der Waals surface area contributed by atoms with Gasteiger partial charge in [-0.05, 0) is 18.6 Å². The van der Waals surface area contributed by atoms with Crippen molar-refractivity contribution in [2.45, 2.75) is 20.3 Å². The number of carbonyl (C=O) groups is 1. The summed E-state index contributed by atoms with van der Waals surface area (Å²) in [6.45, 7) is 6.94. The molecule has 21 heavy (non-hydrogen) atoms. The van der Waals surface area contributed by atoms with Crippen molar-refractivity contribution in [1.29, 1.82) is 0 Å². The van der Waals surface area contributed by atoms with Crippen molar-refractivity contribution >= 4 is 17.3 Å². The van der Waals surface area contributed by atoms with E-state index >= 15 is 0 Å². The Hall–Kier alpha value is -2.11. The largest absolute Gasteiger partial charge is 0.370 e. The second-order valence-corrected chi connectivity index (χ2v) is 5.59. The predicted molar refractivity (Wildman–Crippen MR) is 81.3 cm³/mol. The molecule has 0 bridgehead atoms. The lowest BCUT2D eigenvalue weighted by Crippen LogP contribution is -2.37. The molecule has 0 radical (unpaired) electrons. The number of rotatable bonds is 3. The fourth-order valence-electron chi connectivity index (χ4n) is 2.55. The summed E-state index contributed by atoms with van der Waals surface area (Å²) in [7, 11) is 0. The summed E-state index contributed by atoms with van der Waals surface area (Å²) in [5.41, 5.74) is 1.07. The summed E-state index contributed by atoms with van der Waals surface area (Å²) in [5.74, 6) is 0.219. The van der Waals surface area contributed by atoms with E-state index in [1.807, 2.05) is 18.7 Å². The molecule has 0 N–H and O–H groups in total. The third kappa shape index (κ3) is 3.71. The van der Waals surface area contributed by atoms with E-state index in [1.165, 1.54) is 12.1 Å². The molecule has 1 aliphatic rings. The summed E-state index contributed by atoms with van der Waals surface area (Å²) in [6, 6.07) is 6.60. The number of anilines is 1. The lowest BCUT2D eigenvalue weighted by atomic mass is 10.2. The highest BCUT2D eigenvalue weighted by Crippen LogP contribution is 2.21. The van der Waals surface area contributed by atoms with Crippen LogP contribution in [-0.4, -0.2) is 41.9 Å². The van der Waals surface area contributed by atoms with Gasteiger partial charge >= 0.3 is 0 Å². The second-order valence-electron chi connectivity index (χ2n) is 5.59. The molecule has 6 heteroatoms. The molecular formula is C15H21N3O3. The van der Waals surface area contributed by atoms with Crippen molar-refractivity contribution in [3.63, 3.8) is 0 Å². The van der Waals surface area contributed by atoms with E-state index < -0.39 is 4.92 Å². The van der Waals surface area contributed by atoms with Gasteiger partial charge in [-0.3, -0.25) is 14.9 Å². The van der Waals surface area contributed by atoms with Crippen molar-refractivity contribution in [3.05, 3.63) is 34.4 Å². The summed E-state index contributed by atoms with van der Waals surface area (Å²) in [5, 5.41) is 10.7. The number of nitro groups is 1. The number of amides is 1. The summed E-state index contributed by atoms with van der Waals surface area (Å²) in [4.78, 5) is 26.4. The first-order valence-corrected chi connectivity index (χ1v) is 7.27. The van der Waals surface area contributed by atoms with E-state index in [1.54, 1.807) is 12.1 Å². The molecule has 1 aliphatic heterocycles. The van der Waals surface area contributed by atoms with Gasteiger partial charge in [0.05, 0.1) is 4.92 Å². The molecule has 0 saturated carbocycles. The Bertz CT molecular complexity index is 513. The predicted octanol–water partition coefficient (Wildman–Crippen LogP) is 2.29. The van der Waals surface area contributed by atoms with E-state index in [-0.39, 0.29) is 17.5 Å². The first-order chi connectivity index (χ1) is 9.99. The first kappa shape index (κ1) is 15.3. The lowest BCUT2D eigenvalue weighted by molar-refractivity contribution is -0.384. The van der Waals surface area contributed by atoms with Crippen LogP contribution in [0.3, 0.4) is 0 Å². The van der Waals surface area contributed by atoms with Gasteiger partial charge in [0.2, 0.25) is 5.91 Å². The molecule has 0 spiro atoms. The molecule has 6 nitrogen and oxygen atoms in total. The number of carbonyl (C=O) groups excluding carboxylic acids is 1. The molecule has 0 unspecified atom stereocenters. The van der Waals surface area contributed by atoms with Crippen LogP contribution < -0.4 is 4.90 Å².